The van der Waals surface area contributed by atoms with Crippen molar-refractivity contribution in [1.82, 2.24) is 9.13 Å². The quantitative estimate of drug-likeness (QED) is 0.787. The highest BCUT2D eigenvalue weighted by Crippen LogP contribution is 2.10. The molecule has 0 atom stereocenters. The van der Waals surface area contributed by atoms with Crippen molar-refractivity contribution in [3.63, 3.8) is 0 Å². The summed E-state index contributed by atoms with van der Waals surface area (Å²) in [6, 6.07) is 16.6. The molecule has 0 amide bonds. The number of aliphatic hydroxyl groups excluding tert-OH is 1. The molecule has 0 aliphatic rings. The van der Waals surface area contributed by atoms with E-state index in [1.807, 2.05) is 30.3 Å². The van der Waals surface area contributed by atoms with E-state index in [4.69, 9.17) is 5.11 Å². The summed E-state index contributed by atoms with van der Waals surface area (Å²) in [5, 5.41) is 9.59. The predicted octanol–water partition coefficient (Wildman–Crippen LogP) is 1.20. The second kappa shape index (κ2) is 5.99. The summed E-state index contributed by atoms with van der Waals surface area (Å²) < 4.78 is 2.66. The highest BCUT2D eigenvalue weighted by Gasteiger charge is 2.12. The Labute approximate surface area is 126 Å². The van der Waals surface area contributed by atoms with Gasteiger partial charge in [-0.25, -0.2) is 4.79 Å². The number of hydrogen-bond acceptors (Lipinski definition) is 3. The minimum atomic E-state index is -0.401. The van der Waals surface area contributed by atoms with E-state index in [1.54, 1.807) is 28.8 Å². The molecule has 0 spiro atoms. The van der Waals surface area contributed by atoms with Crippen molar-refractivity contribution in [2.45, 2.75) is 13.1 Å². The molecule has 1 aromatic heterocycles. The Morgan fingerprint density at radius 2 is 1.55 bits per heavy atom. The smallest absolute Gasteiger partial charge is 0.331 e. The first-order valence-corrected chi connectivity index (χ1v) is 7.09. The lowest BCUT2D eigenvalue weighted by molar-refractivity contribution is 0.270. The maximum absolute atomic E-state index is 12.6. The highest BCUT2D eigenvalue weighted by molar-refractivity contribution is 5.77. The fourth-order valence-corrected chi connectivity index (χ4v) is 2.59. The zero-order valence-corrected chi connectivity index (χ0v) is 12.0. The summed E-state index contributed by atoms with van der Waals surface area (Å²) in [5.41, 5.74) is 0.819. The molecule has 3 aromatic rings. The average Bonchev–Trinajstić information content (AvgIpc) is 2.56. The number of rotatable bonds is 4. The summed E-state index contributed by atoms with van der Waals surface area (Å²) in [6.45, 7) is 0.127. The van der Waals surface area contributed by atoms with Crippen LogP contribution in [0.1, 0.15) is 5.56 Å². The third-order valence-electron chi connectivity index (χ3n) is 3.64. The van der Waals surface area contributed by atoms with Gasteiger partial charge in [0.15, 0.2) is 0 Å². The molecular formula is C17H16N2O3. The van der Waals surface area contributed by atoms with E-state index in [0.29, 0.717) is 17.4 Å². The van der Waals surface area contributed by atoms with Crippen molar-refractivity contribution < 1.29 is 5.11 Å². The van der Waals surface area contributed by atoms with Gasteiger partial charge in [0.05, 0.1) is 30.6 Å². The van der Waals surface area contributed by atoms with Crippen LogP contribution in [-0.2, 0) is 13.1 Å². The number of hydrogen-bond donors (Lipinski definition) is 1. The molecule has 0 aliphatic heterocycles. The zero-order valence-electron chi connectivity index (χ0n) is 12.0. The molecule has 0 aliphatic carbocycles. The number of para-hydroxylation sites is 1. The lowest BCUT2D eigenvalue weighted by Gasteiger charge is -2.13. The Hall–Kier alpha value is -2.66. The van der Waals surface area contributed by atoms with Gasteiger partial charge in [-0.1, -0.05) is 42.5 Å². The van der Waals surface area contributed by atoms with Crippen molar-refractivity contribution in [1.29, 1.82) is 0 Å². The van der Waals surface area contributed by atoms with Crippen molar-refractivity contribution >= 4 is 10.9 Å². The minimum Gasteiger partial charge on any atom is -0.395 e. The monoisotopic (exact) mass is 296 g/mol. The van der Waals surface area contributed by atoms with Crippen LogP contribution in [0.3, 0.4) is 0 Å². The molecule has 0 fully saturated rings. The molecule has 5 nitrogen and oxygen atoms in total. The van der Waals surface area contributed by atoms with Crippen molar-refractivity contribution in [3.8, 4) is 0 Å². The third kappa shape index (κ3) is 2.46. The van der Waals surface area contributed by atoms with Gasteiger partial charge in [-0.2, -0.15) is 0 Å². The standard InChI is InChI=1S/C17H16N2O3/c20-11-10-18-16(21)14-8-4-5-9-15(14)19(17(18)22)12-13-6-2-1-3-7-13/h1-9,20H,10-12H2. The van der Waals surface area contributed by atoms with Crippen LogP contribution in [0.4, 0.5) is 0 Å². The largest absolute Gasteiger partial charge is 0.395 e. The van der Waals surface area contributed by atoms with Gasteiger partial charge < -0.3 is 5.11 Å². The van der Waals surface area contributed by atoms with Crippen molar-refractivity contribution in [2.24, 2.45) is 0 Å². The third-order valence-corrected chi connectivity index (χ3v) is 3.64. The van der Waals surface area contributed by atoms with Gasteiger partial charge in [0.1, 0.15) is 0 Å². The van der Waals surface area contributed by atoms with Crippen LogP contribution in [0.15, 0.2) is 64.2 Å². The van der Waals surface area contributed by atoms with Crippen LogP contribution in [0.5, 0.6) is 0 Å². The van der Waals surface area contributed by atoms with Crippen LogP contribution in [-0.4, -0.2) is 20.8 Å². The van der Waals surface area contributed by atoms with Gasteiger partial charge in [-0.3, -0.25) is 13.9 Å². The summed E-state index contributed by atoms with van der Waals surface area (Å²) in [4.78, 5) is 25.0. The maximum atomic E-state index is 12.6. The van der Waals surface area contributed by atoms with E-state index in [0.717, 1.165) is 10.1 Å². The first kappa shape index (κ1) is 14.3. The van der Waals surface area contributed by atoms with E-state index in [9.17, 15) is 9.59 Å². The molecule has 0 bridgehead atoms. The number of nitrogens with zero attached hydrogens (tertiary/aromatic N) is 2. The molecule has 2 aromatic carbocycles. The van der Waals surface area contributed by atoms with Crippen LogP contribution in [0, 0.1) is 0 Å². The molecule has 0 unspecified atom stereocenters. The Kier molecular flexibility index (Phi) is 3.89. The Morgan fingerprint density at radius 3 is 2.27 bits per heavy atom. The first-order valence-electron chi connectivity index (χ1n) is 7.09. The number of fused-ring (bicyclic) bond motifs is 1. The molecule has 1 N–H and O–H groups in total. The molecule has 3 rings (SSSR count). The highest BCUT2D eigenvalue weighted by atomic mass is 16.3. The predicted molar refractivity (Wildman–Crippen MR) is 85.1 cm³/mol. The molecule has 0 saturated heterocycles. The van der Waals surface area contributed by atoms with Crippen molar-refractivity contribution in [3.05, 3.63) is 81.0 Å². The van der Waals surface area contributed by atoms with Crippen LogP contribution in [0.25, 0.3) is 10.9 Å². The topological polar surface area (TPSA) is 64.2 Å². The van der Waals surface area contributed by atoms with E-state index < -0.39 is 5.69 Å². The molecule has 5 heteroatoms. The lowest BCUT2D eigenvalue weighted by atomic mass is 10.2. The molecule has 0 radical (unpaired) electrons. The normalized spacial score (nSPS) is 11.0. The van der Waals surface area contributed by atoms with E-state index in [-0.39, 0.29) is 18.7 Å². The van der Waals surface area contributed by atoms with E-state index >= 15 is 0 Å². The van der Waals surface area contributed by atoms with Gasteiger partial charge in [0.2, 0.25) is 0 Å². The Bertz CT molecular complexity index is 911. The second-order valence-corrected chi connectivity index (χ2v) is 5.05. The van der Waals surface area contributed by atoms with Gasteiger partial charge in [-0.15, -0.1) is 0 Å². The summed E-state index contributed by atoms with van der Waals surface area (Å²) in [6.07, 6.45) is 0. The zero-order chi connectivity index (χ0) is 15.5. The summed E-state index contributed by atoms with van der Waals surface area (Å²) in [7, 11) is 0. The maximum Gasteiger partial charge on any atom is 0.331 e. The average molecular weight is 296 g/mol. The lowest BCUT2D eigenvalue weighted by Crippen LogP contribution is -2.41. The molecule has 112 valence electrons. The SMILES string of the molecule is O=c1c2ccccc2n(Cc2ccccc2)c(=O)n1CCO. The Morgan fingerprint density at radius 1 is 0.864 bits per heavy atom. The molecule has 22 heavy (non-hydrogen) atoms. The first-order chi connectivity index (χ1) is 10.7. The number of benzene rings is 2. The minimum absolute atomic E-state index is 0.00269. The van der Waals surface area contributed by atoms with Gasteiger partial charge in [-0.05, 0) is 17.7 Å². The fourth-order valence-electron chi connectivity index (χ4n) is 2.59. The Balaban J connectivity index is 2.28. The summed E-state index contributed by atoms with van der Waals surface area (Å²) in [5.74, 6) is 0. The number of aromatic nitrogens is 2. The molecular weight excluding hydrogens is 280 g/mol. The van der Waals surface area contributed by atoms with Crippen LogP contribution >= 0.6 is 0 Å². The number of aliphatic hydroxyl groups is 1. The van der Waals surface area contributed by atoms with E-state index in [2.05, 4.69) is 0 Å². The van der Waals surface area contributed by atoms with Gasteiger partial charge in [0, 0.05) is 0 Å². The van der Waals surface area contributed by atoms with Crippen molar-refractivity contribution in [2.75, 3.05) is 6.61 Å². The van der Waals surface area contributed by atoms with Crippen LogP contribution in [0.2, 0.25) is 0 Å². The molecule has 1 heterocycles. The molecule has 0 saturated carbocycles. The van der Waals surface area contributed by atoms with Gasteiger partial charge >= 0.3 is 5.69 Å². The van der Waals surface area contributed by atoms with E-state index in [1.165, 1.54) is 0 Å². The van der Waals surface area contributed by atoms with Gasteiger partial charge in [0.25, 0.3) is 5.56 Å². The van der Waals surface area contributed by atoms with Crippen LogP contribution < -0.4 is 11.2 Å². The second-order valence-electron chi connectivity index (χ2n) is 5.05. The fraction of sp³-hybridized carbons (Fsp3) is 0.176. The summed E-state index contributed by atoms with van der Waals surface area (Å²) >= 11 is 0.